The normalized spacial score (nSPS) is 22.0. The van der Waals surface area contributed by atoms with Gasteiger partial charge < -0.3 is 19.9 Å². The Kier molecular flexibility index (Phi) is 6.30. The molecule has 2 heterocycles. The molecule has 0 bridgehead atoms. The lowest BCUT2D eigenvalue weighted by Crippen LogP contribution is -2.53. The van der Waals surface area contributed by atoms with E-state index in [0.29, 0.717) is 41.3 Å². The zero-order valence-electron chi connectivity index (χ0n) is 16.5. The largest absolute Gasteiger partial charge is 0.444 e. The van der Waals surface area contributed by atoms with Crippen LogP contribution in [-0.4, -0.2) is 59.6 Å². The van der Waals surface area contributed by atoms with Gasteiger partial charge in [0.25, 0.3) is 0 Å². The van der Waals surface area contributed by atoms with Gasteiger partial charge in [-0.1, -0.05) is 23.2 Å². The van der Waals surface area contributed by atoms with Gasteiger partial charge in [0, 0.05) is 35.4 Å². The van der Waals surface area contributed by atoms with Crippen molar-refractivity contribution in [3.8, 4) is 0 Å². The summed E-state index contributed by atoms with van der Waals surface area (Å²) in [5.74, 6) is 0.418. The maximum absolute atomic E-state index is 12.7. The summed E-state index contributed by atoms with van der Waals surface area (Å²) in [7, 11) is 0. The minimum absolute atomic E-state index is 0.00872. The third-order valence-electron chi connectivity index (χ3n) is 5.15. The number of amides is 2. The Bertz CT molecular complexity index is 730. The molecule has 2 saturated heterocycles. The van der Waals surface area contributed by atoms with E-state index in [4.69, 9.17) is 27.9 Å². The minimum Gasteiger partial charge on any atom is -0.444 e. The van der Waals surface area contributed by atoms with E-state index in [2.05, 4.69) is 5.32 Å². The molecule has 2 aliphatic heterocycles. The quantitative estimate of drug-likeness (QED) is 0.782. The number of likely N-dealkylation sites (tertiary alicyclic amines) is 2. The summed E-state index contributed by atoms with van der Waals surface area (Å²) >= 11 is 12.0. The molecule has 0 aliphatic carbocycles. The number of piperidine rings is 1. The molecule has 0 spiro atoms. The van der Waals surface area contributed by atoms with Gasteiger partial charge in [-0.15, -0.1) is 0 Å². The second kappa shape index (κ2) is 8.37. The first-order valence-electron chi connectivity index (χ1n) is 9.60. The minimum atomic E-state index is -0.526. The lowest BCUT2D eigenvalue weighted by atomic mass is 9.92. The second-order valence-corrected chi connectivity index (χ2v) is 9.30. The highest BCUT2D eigenvalue weighted by Crippen LogP contribution is 2.33. The molecule has 1 aromatic carbocycles. The van der Waals surface area contributed by atoms with Crippen molar-refractivity contribution in [2.75, 3.05) is 31.5 Å². The van der Waals surface area contributed by atoms with Gasteiger partial charge in [-0.05, 0) is 57.7 Å². The van der Waals surface area contributed by atoms with Gasteiger partial charge in [0.1, 0.15) is 5.60 Å². The Balaban J connectivity index is 1.58. The first-order chi connectivity index (χ1) is 13.1. The van der Waals surface area contributed by atoms with Crippen LogP contribution in [-0.2, 0) is 9.53 Å². The number of fused-ring (bicyclic) bond motifs is 1. The molecule has 0 aromatic heterocycles. The number of benzene rings is 1. The zero-order chi connectivity index (χ0) is 20.5. The average molecular weight is 428 g/mol. The van der Waals surface area contributed by atoms with E-state index >= 15 is 0 Å². The van der Waals surface area contributed by atoms with Crippen LogP contribution in [0.4, 0.5) is 10.5 Å². The highest BCUT2D eigenvalue weighted by atomic mass is 35.5. The number of carbonyl (C=O) groups excluding carboxylic acids is 2. The van der Waals surface area contributed by atoms with E-state index in [1.165, 1.54) is 0 Å². The number of nitrogens with one attached hydrogen (secondary N) is 1. The summed E-state index contributed by atoms with van der Waals surface area (Å²) in [5, 5.41) is 4.11. The third kappa shape index (κ3) is 5.23. The zero-order valence-corrected chi connectivity index (χ0v) is 18.0. The summed E-state index contributed by atoms with van der Waals surface area (Å²) in [6, 6.07) is 5.13. The smallest absolute Gasteiger partial charge is 0.410 e. The van der Waals surface area contributed by atoms with Crippen LogP contribution in [0, 0.1) is 5.92 Å². The molecule has 6 nitrogen and oxygen atoms in total. The number of halogens is 2. The summed E-state index contributed by atoms with van der Waals surface area (Å²) in [4.78, 5) is 28.8. The molecule has 154 valence electrons. The van der Waals surface area contributed by atoms with Crippen LogP contribution in [0.2, 0.25) is 10.0 Å². The van der Waals surface area contributed by atoms with E-state index < -0.39 is 5.60 Å². The molecule has 0 radical (unpaired) electrons. The molecule has 1 aromatic rings. The monoisotopic (exact) mass is 427 g/mol. The highest BCUT2D eigenvalue weighted by molar-refractivity contribution is 6.35. The molecular formula is C20H27Cl2N3O3. The number of anilines is 1. The molecule has 0 unspecified atom stereocenters. The van der Waals surface area contributed by atoms with Crippen molar-refractivity contribution in [2.45, 2.75) is 45.3 Å². The number of ether oxygens (including phenoxy) is 1. The Morgan fingerprint density at radius 1 is 1.14 bits per heavy atom. The maximum atomic E-state index is 12.7. The van der Waals surface area contributed by atoms with Crippen molar-refractivity contribution in [3.63, 3.8) is 0 Å². The van der Waals surface area contributed by atoms with Gasteiger partial charge >= 0.3 is 6.09 Å². The van der Waals surface area contributed by atoms with Gasteiger partial charge in [-0.25, -0.2) is 4.79 Å². The third-order valence-corrected chi connectivity index (χ3v) is 5.59. The van der Waals surface area contributed by atoms with Crippen molar-refractivity contribution in [3.05, 3.63) is 28.2 Å². The topological polar surface area (TPSA) is 61.9 Å². The molecule has 2 aliphatic rings. The molecule has 28 heavy (non-hydrogen) atoms. The van der Waals surface area contributed by atoms with Crippen molar-refractivity contribution in [1.82, 2.24) is 9.80 Å². The molecule has 2 fully saturated rings. The molecule has 3 rings (SSSR count). The number of hydrogen-bond donors (Lipinski definition) is 1. The molecule has 0 saturated carbocycles. The molecular weight excluding hydrogens is 401 g/mol. The Morgan fingerprint density at radius 2 is 1.79 bits per heavy atom. The maximum Gasteiger partial charge on any atom is 0.410 e. The Morgan fingerprint density at radius 3 is 2.43 bits per heavy atom. The van der Waals surface area contributed by atoms with Crippen LogP contribution in [0.1, 0.15) is 33.6 Å². The van der Waals surface area contributed by atoms with Gasteiger partial charge in [-0.2, -0.15) is 0 Å². The van der Waals surface area contributed by atoms with Crippen LogP contribution < -0.4 is 5.32 Å². The van der Waals surface area contributed by atoms with Gasteiger partial charge in [0.2, 0.25) is 5.91 Å². The standard InChI is InChI=1S/C20H27Cl2N3O3/c1-20(2,3)28-19(27)25-7-5-13-4-6-24(12-17(13)25)18(26)11-23-16-9-14(21)8-15(22)10-16/h8-10,13,17,23H,4-7,11-12H2,1-3H3/t13-,17-/m1/s1. The summed E-state index contributed by atoms with van der Waals surface area (Å²) < 4.78 is 5.54. The van der Waals surface area contributed by atoms with Gasteiger partial charge in [0.05, 0.1) is 12.6 Å². The second-order valence-electron chi connectivity index (χ2n) is 8.43. The van der Waals surface area contributed by atoms with E-state index in [9.17, 15) is 9.59 Å². The fourth-order valence-electron chi connectivity index (χ4n) is 3.86. The number of rotatable bonds is 3. The number of hydrogen-bond acceptors (Lipinski definition) is 4. The van der Waals surface area contributed by atoms with E-state index in [-0.39, 0.29) is 24.6 Å². The van der Waals surface area contributed by atoms with Crippen molar-refractivity contribution in [1.29, 1.82) is 0 Å². The van der Waals surface area contributed by atoms with Crippen LogP contribution in [0.15, 0.2) is 18.2 Å². The van der Waals surface area contributed by atoms with Crippen molar-refractivity contribution < 1.29 is 14.3 Å². The number of nitrogens with zero attached hydrogens (tertiary/aromatic N) is 2. The first-order valence-corrected chi connectivity index (χ1v) is 10.4. The average Bonchev–Trinajstić information content (AvgIpc) is 3.00. The van der Waals surface area contributed by atoms with Gasteiger partial charge in [0.15, 0.2) is 0 Å². The van der Waals surface area contributed by atoms with Crippen LogP contribution >= 0.6 is 23.2 Å². The predicted octanol–water partition coefficient (Wildman–Crippen LogP) is 4.26. The lowest BCUT2D eigenvalue weighted by Gasteiger charge is -2.38. The highest BCUT2D eigenvalue weighted by Gasteiger charge is 2.42. The van der Waals surface area contributed by atoms with E-state index in [0.717, 1.165) is 12.8 Å². The molecule has 1 N–H and O–H groups in total. The van der Waals surface area contributed by atoms with Crippen molar-refractivity contribution in [2.24, 2.45) is 5.92 Å². The molecule has 2 amide bonds. The fraction of sp³-hybridized carbons (Fsp3) is 0.600. The Labute approximate surface area is 176 Å². The van der Waals surface area contributed by atoms with Gasteiger partial charge in [-0.3, -0.25) is 4.79 Å². The Hall–Kier alpha value is -1.66. The van der Waals surface area contributed by atoms with Crippen molar-refractivity contribution >= 4 is 40.9 Å². The van der Waals surface area contributed by atoms with E-state index in [1.807, 2.05) is 25.7 Å². The van der Waals surface area contributed by atoms with Crippen LogP contribution in [0.25, 0.3) is 0 Å². The van der Waals surface area contributed by atoms with Crippen LogP contribution in [0.3, 0.4) is 0 Å². The lowest BCUT2D eigenvalue weighted by molar-refractivity contribution is -0.131. The van der Waals surface area contributed by atoms with E-state index in [1.54, 1.807) is 23.1 Å². The summed E-state index contributed by atoms with van der Waals surface area (Å²) in [6.07, 6.45) is 1.57. The SMILES string of the molecule is CC(C)(C)OC(=O)N1CC[C@H]2CCN(C(=O)CNc3cc(Cl)cc(Cl)c3)C[C@H]21. The first kappa shape index (κ1) is 21.1. The molecule has 8 heteroatoms. The predicted molar refractivity (Wildman–Crippen MR) is 111 cm³/mol. The fourth-order valence-corrected chi connectivity index (χ4v) is 4.39. The van der Waals surface area contributed by atoms with Crippen LogP contribution in [0.5, 0.6) is 0 Å². The number of carbonyl (C=O) groups is 2. The summed E-state index contributed by atoms with van der Waals surface area (Å²) in [5.41, 5.74) is 0.179. The molecule has 2 atom stereocenters. The summed E-state index contributed by atoms with van der Waals surface area (Å²) in [6.45, 7) is 7.68.